The number of hydrogen-bond donors (Lipinski definition) is 1. The molecule has 1 amide bonds. The van der Waals surface area contributed by atoms with Crippen LogP contribution in [0.25, 0.3) is 0 Å². The van der Waals surface area contributed by atoms with Gasteiger partial charge in [-0.1, -0.05) is 31.0 Å². The summed E-state index contributed by atoms with van der Waals surface area (Å²) >= 11 is 7.71. The second kappa shape index (κ2) is 11.3. The minimum atomic E-state index is -4.83. The number of piperidine rings is 1. The molecule has 0 aliphatic carbocycles. The number of thioether (sulfide) groups is 1. The van der Waals surface area contributed by atoms with E-state index in [9.17, 15) is 18.0 Å². The predicted octanol–water partition coefficient (Wildman–Crippen LogP) is 6.27. The van der Waals surface area contributed by atoms with Gasteiger partial charge in [0, 0.05) is 34.1 Å². The molecule has 1 saturated heterocycles. The Labute approximate surface area is 195 Å². The van der Waals surface area contributed by atoms with Crippen molar-refractivity contribution < 1.29 is 22.7 Å². The van der Waals surface area contributed by atoms with Gasteiger partial charge in [0.05, 0.1) is 0 Å². The number of nitrogens with one attached hydrogen (secondary N) is 1. The second-order valence-corrected chi connectivity index (χ2v) is 9.32. The summed E-state index contributed by atoms with van der Waals surface area (Å²) in [4.78, 5) is 15.8. The van der Waals surface area contributed by atoms with E-state index in [4.69, 9.17) is 11.6 Å². The van der Waals surface area contributed by atoms with Crippen molar-refractivity contribution in [1.29, 1.82) is 0 Å². The summed E-state index contributed by atoms with van der Waals surface area (Å²) in [6.45, 7) is 4.27. The minimum absolute atomic E-state index is 0.110. The molecule has 4 nitrogen and oxygen atoms in total. The van der Waals surface area contributed by atoms with Crippen LogP contribution in [0.15, 0.2) is 41.3 Å². The molecule has 32 heavy (non-hydrogen) atoms. The minimum Gasteiger partial charge on any atom is -0.405 e. The average molecular weight is 487 g/mol. The number of halogens is 4. The molecule has 2 aromatic carbocycles. The molecule has 2 aromatic rings. The highest BCUT2D eigenvalue weighted by Gasteiger charge is 2.32. The first-order chi connectivity index (χ1) is 15.2. The smallest absolute Gasteiger partial charge is 0.405 e. The Hall–Kier alpha value is -1.90. The van der Waals surface area contributed by atoms with Crippen LogP contribution < -0.4 is 10.1 Å². The lowest BCUT2D eigenvalue weighted by atomic mass is 10.1. The summed E-state index contributed by atoms with van der Waals surface area (Å²) in [7, 11) is 0. The van der Waals surface area contributed by atoms with Crippen molar-refractivity contribution in [3.05, 3.63) is 58.1 Å². The van der Waals surface area contributed by atoms with E-state index in [1.165, 1.54) is 12.1 Å². The van der Waals surface area contributed by atoms with E-state index >= 15 is 0 Å². The monoisotopic (exact) mass is 486 g/mol. The maximum atomic E-state index is 13.0. The van der Waals surface area contributed by atoms with Crippen LogP contribution in [-0.4, -0.2) is 36.0 Å². The molecule has 0 aromatic heterocycles. The topological polar surface area (TPSA) is 41.6 Å². The summed E-state index contributed by atoms with van der Waals surface area (Å²) in [5, 5.41) is 3.33. The van der Waals surface area contributed by atoms with Gasteiger partial charge in [-0.25, -0.2) is 0 Å². The zero-order chi connectivity index (χ0) is 23.1. The fourth-order valence-electron chi connectivity index (χ4n) is 3.66. The van der Waals surface area contributed by atoms with E-state index in [2.05, 4.69) is 15.0 Å². The van der Waals surface area contributed by atoms with Gasteiger partial charge in [-0.05, 0) is 67.6 Å². The van der Waals surface area contributed by atoms with Crippen LogP contribution in [0.4, 0.5) is 13.2 Å². The summed E-state index contributed by atoms with van der Waals surface area (Å²) < 4.78 is 43.3. The van der Waals surface area contributed by atoms with Crippen LogP contribution in [0, 0.1) is 0 Å². The SMILES string of the molecule is CCSc1ccc(Cl)cc1CNC(=O)c1ccc(CN2CCCCC2)c(OC(F)(F)F)c1. The first-order valence-electron chi connectivity index (χ1n) is 10.6. The Kier molecular flexibility index (Phi) is 8.73. The molecule has 3 rings (SSSR count). The van der Waals surface area contributed by atoms with Crippen LogP contribution in [0.5, 0.6) is 5.75 Å². The Bertz CT molecular complexity index is 934. The predicted molar refractivity (Wildman–Crippen MR) is 121 cm³/mol. The van der Waals surface area contributed by atoms with Gasteiger partial charge < -0.3 is 10.1 Å². The van der Waals surface area contributed by atoms with Crippen molar-refractivity contribution in [2.45, 2.75) is 50.5 Å². The largest absolute Gasteiger partial charge is 0.573 e. The van der Waals surface area contributed by atoms with Crippen LogP contribution >= 0.6 is 23.4 Å². The van der Waals surface area contributed by atoms with Gasteiger partial charge in [0.15, 0.2) is 0 Å². The number of benzene rings is 2. The lowest BCUT2D eigenvalue weighted by Crippen LogP contribution is -2.30. The molecule has 1 aliphatic rings. The van der Waals surface area contributed by atoms with Gasteiger partial charge in [0.2, 0.25) is 0 Å². The lowest BCUT2D eigenvalue weighted by molar-refractivity contribution is -0.275. The normalized spacial score (nSPS) is 14.9. The van der Waals surface area contributed by atoms with Crippen LogP contribution in [0.1, 0.15) is 47.7 Å². The molecule has 0 unspecified atom stereocenters. The standard InChI is InChI=1S/C23H26ClF3N2O2S/c1-2-32-21-9-8-19(24)12-18(21)14-28-22(30)16-6-7-17(15-29-10-4-3-5-11-29)20(13-16)31-23(25,26)27/h6-9,12-13H,2-5,10-11,14-15H2,1H3,(H,28,30). The van der Waals surface area contributed by atoms with Crippen molar-refractivity contribution in [3.63, 3.8) is 0 Å². The van der Waals surface area contributed by atoms with Gasteiger partial charge in [-0.2, -0.15) is 0 Å². The number of alkyl halides is 3. The number of amides is 1. The summed E-state index contributed by atoms with van der Waals surface area (Å²) in [6.07, 6.45) is -1.65. The van der Waals surface area contributed by atoms with E-state index in [0.717, 1.165) is 48.6 Å². The lowest BCUT2D eigenvalue weighted by Gasteiger charge is -2.27. The number of hydrogen-bond acceptors (Lipinski definition) is 4. The fraction of sp³-hybridized carbons (Fsp3) is 0.435. The maximum absolute atomic E-state index is 13.0. The molecule has 1 fully saturated rings. The first kappa shape index (κ1) is 24.7. The van der Waals surface area contributed by atoms with Crippen molar-refractivity contribution in [2.24, 2.45) is 0 Å². The highest BCUT2D eigenvalue weighted by Crippen LogP contribution is 2.30. The van der Waals surface area contributed by atoms with E-state index in [1.54, 1.807) is 30.0 Å². The van der Waals surface area contributed by atoms with E-state index in [1.807, 2.05) is 13.0 Å². The Morgan fingerprint density at radius 3 is 2.56 bits per heavy atom. The number of carbonyl (C=O) groups is 1. The van der Waals surface area contributed by atoms with Crippen LogP contribution in [0.2, 0.25) is 5.02 Å². The summed E-state index contributed by atoms with van der Waals surface area (Å²) in [6, 6.07) is 9.71. The number of nitrogens with zero attached hydrogens (tertiary/aromatic N) is 1. The number of likely N-dealkylation sites (tertiary alicyclic amines) is 1. The van der Waals surface area contributed by atoms with Crippen molar-refractivity contribution in [2.75, 3.05) is 18.8 Å². The summed E-state index contributed by atoms with van der Waals surface area (Å²) in [5.74, 6) is 0.0498. The molecule has 1 aliphatic heterocycles. The van der Waals surface area contributed by atoms with Gasteiger partial charge in [0.25, 0.3) is 5.91 Å². The van der Waals surface area contributed by atoms with Crippen molar-refractivity contribution in [1.82, 2.24) is 10.2 Å². The Morgan fingerprint density at radius 2 is 1.88 bits per heavy atom. The second-order valence-electron chi connectivity index (χ2n) is 7.57. The van der Waals surface area contributed by atoms with Crippen LogP contribution in [-0.2, 0) is 13.1 Å². The fourth-order valence-corrected chi connectivity index (χ4v) is 4.65. The third-order valence-corrected chi connectivity index (χ3v) is 6.39. The molecule has 1 heterocycles. The number of ether oxygens (including phenoxy) is 1. The van der Waals surface area contributed by atoms with Gasteiger partial charge in [-0.3, -0.25) is 9.69 Å². The van der Waals surface area contributed by atoms with Crippen molar-refractivity contribution >= 4 is 29.3 Å². The molecular formula is C23H26ClF3N2O2S. The number of rotatable bonds is 8. The average Bonchev–Trinajstić information content (AvgIpc) is 2.74. The first-order valence-corrected chi connectivity index (χ1v) is 11.9. The highest BCUT2D eigenvalue weighted by molar-refractivity contribution is 7.99. The molecule has 0 saturated carbocycles. The molecule has 0 atom stereocenters. The molecule has 1 N–H and O–H groups in total. The third-order valence-electron chi connectivity index (χ3n) is 5.16. The Morgan fingerprint density at radius 1 is 1.12 bits per heavy atom. The third kappa shape index (κ3) is 7.32. The highest BCUT2D eigenvalue weighted by atomic mass is 35.5. The van der Waals surface area contributed by atoms with Crippen molar-refractivity contribution in [3.8, 4) is 5.75 Å². The molecular weight excluding hydrogens is 461 g/mol. The zero-order valence-corrected chi connectivity index (χ0v) is 19.4. The molecule has 174 valence electrons. The van der Waals surface area contributed by atoms with Gasteiger partial charge in [0.1, 0.15) is 5.75 Å². The van der Waals surface area contributed by atoms with E-state index in [0.29, 0.717) is 17.1 Å². The van der Waals surface area contributed by atoms with E-state index in [-0.39, 0.29) is 17.9 Å². The molecule has 9 heteroatoms. The summed E-state index contributed by atoms with van der Waals surface area (Å²) in [5.41, 5.74) is 1.38. The molecule has 0 spiro atoms. The van der Waals surface area contributed by atoms with Crippen LogP contribution in [0.3, 0.4) is 0 Å². The number of carbonyl (C=O) groups excluding carboxylic acids is 1. The zero-order valence-electron chi connectivity index (χ0n) is 17.8. The van der Waals surface area contributed by atoms with Gasteiger partial charge >= 0.3 is 6.36 Å². The quantitative estimate of drug-likeness (QED) is 0.447. The van der Waals surface area contributed by atoms with Gasteiger partial charge in [-0.15, -0.1) is 24.9 Å². The molecule has 0 radical (unpaired) electrons. The Balaban J connectivity index is 1.75. The van der Waals surface area contributed by atoms with E-state index < -0.39 is 12.3 Å². The molecule has 0 bridgehead atoms. The maximum Gasteiger partial charge on any atom is 0.573 e.